The maximum absolute atomic E-state index is 5.54. The molecule has 166 valence electrons. The molecule has 2 aliphatic heterocycles. The van der Waals surface area contributed by atoms with E-state index in [9.17, 15) is 0 Å². The molecule has 2 heterocycles. The van der Waals surface area contributed by atoms with Gasteiger partial charge in [0.05, 0.1) is 20.3 Å². The van der Waals surface area contributed by atoms with E-state index in [0.29, 0.717) is 6.04 Å². The highest BCUT2D eigenvalue weighted by Gasteiger charge is 2.25. The van der Waals surface area contributed by atoms with Gasteiger partial charge in [0.25, 0.3) is 0 Å². The first kappa shape index (κ1) is 22.1. The van der Waals surface area contributed by atoms with E-state index in [1.54, 1.807) is 14.2 Å². The van der Waals surface area contributed by atoms with Crippen molar-refractivity contribution >= 4 is 16.9 Å². The van der Waals surface area contributed by atoms with E-state index in [2.05, 4.69) is 41.3 Å². The number of ether oxygens (including phenoxy) is 2. The Kier molecular flexibility index (Phi) is 7.79. The second kappa shape index (κ2) is 10.9. The molecule has 2 aliphatic rings. The number of hydrogen-bond donors (Lipinski definition) is 0. The molecule has 0 aliphatic carbocycles. The van der Waals surface area contributed by atoms with Gasteiger partial charge in [-0.1, -0.05) is 42.1 Å². The third-order valence-corrected chi connectivity index (χ3v) is 7.57. The van der Waals surface area contributed by atoms with E-state index in [1.165, 1.54) is 35.6 Å². The third kappa shape index (κ3) is 5.97. The first-order chi connectivity index (χ1) is 15.2. The number of rotatable bonds is 7. The number of para-hydroxylation sites is 1. The van der Waals surface area contributed by atoms with Crippen LogP contribution < -0.4 is 9.47 Å². The zero-order valence-corrected chi connectivity index (χ0v) is 19.6. The van der Waals surface area contributed by atoms with Crippen molar-refractivity contribution in [2.24, 2.45) is 10.9 Å². The molecule has 0 saturated carbocycles. The van der Waals surface area contributed by atoms with E-state index >= 15 is 0 Å². The van der Waals surface area contributed by atoms with Gasteiger partial charge in [0.2, 0.25) is 0 Å². The Bertz CT molecular complexity index is 860. The summed E-state index contributed by atoms with van der Waals surface area (Å²) in [5.41, 5.74) is 2.68. The summed E-state index contributed by atoms with van der Waals surface area (Å²) in [7, 11) is 3.47. The van der Waals surface area contributed by atoms with Gasteiger partial charge in [0.15, 0.2) is 5.17 Å². The topological polar surface area (TPSA) is 34.1 Å². The molecule has 1 unspecified atom stereocenters. The molecular formula is C26H34N2O2S. The smallest absolute Gasteiger partial charge is 0.159 e. The number of hydrogen-bond acceptors (Lipinski definition) is 5. The first-order valence-electron chi connectivity index (χ1n) is 11.5. The summed E-state index contributed by atoms with van der Waals surface area (Å²) in [5.74, 6) is 3.90. The Morgan fingerprint density at radius 3 is 2.48 bits per heavy atom. The number of benzene rings is 2. The van der Waals surface area contributed by atoms with Crippen LogP contribution in [0, 0.1) is 5.92 Å². The molecule has 1 saturated heterocycles. The summed E-state index contributed by atoms with van der Waals surface area (Å²) in [6, 6.07) is 17.2. The number of methoxy groups -OCH3 is 2. The number of thioether (sulfide) groups is 1. The van der Waals surface area contributed by atoms with Gasteiger partial charge in [0.1, 0.15) is 11.5 Å². The maximum atomic E-state index is 5.54. The molecule has 0 aromatic heterocycles. The minimum absolute atomic E-state index is 0.361. The van der Waals surface area contributed by atoms with Crippen LogP contribution in [0.25, 0.3) is 0 Å². The fourth-order valence-corrected chi connectivity index (χ4v) is 5.73. The van der Waals surface area contributed by atoms with Crippen LogP contribution in [0.2, 0.25) is 0 Å². The molecule has 4 rings (SSSR count). The van der Waals surface area contributed by atoms with Crippen LogP contribution in [0.15, 0.2) is 53.5 Å². The van der Waals surface area contributed by atoms with Crippen molar-refractivity contribution in [3.63, 3.8) is 0 Å². The number of piperidine rings is 1. The standard InChI is InChI=1S/C26H34N2O2S/c1-29-24-11-9-20(10-12-24)7-8-21-13-16-28(17-14-21)26-27-23(15-18-31-26)19-22-5-3-4-6-25(22)30-2/h3-6,9-12,21,23H,7-8,13-19H2,1-2H3. The highest BCUT2D eigenvalue weighted by Crippen LogP contribution is 2.29. The molecule has 0 spiro atoms. The molecule has 4 nitrogen and oxygen atoms in total. The number of nitrogens with zero attached hydrogens (tertiary/aromatic N) is 2. The highest BCUT2D eigenvalue weighted by molar-refractivity contribution is 8.13. The van der Waals surface area contributed by atoms with E-state index in [1.807, 2.05) is 23.9 Å². The van der Waals surface area contributed by atoms with E-state index < -0.39 is 0 Å². The summed E-state index contributed by atoms with van der Waals surface area (Å²) >= 11 is 1.94. The minimum atomic E-state index is 0.361. The van der Waals surface area contributed by atoms with Crippen LogP contribution in [0.5, 0.6) is 11.5 Å². The van der Waals surface area contributed by atoms with Gasteiger partial charge in [-0.05, 0) is 73.8 Å². The van der Waals surface area contributed by atoms with Crippen LogP contribution in [0.4, 0.5) is 0 Å². The van der Waals surface area contributed by atoms with Gasteiger partial charge in [-0.3, -0.25) is 4.99 Å². The SMILES string of the molecule is COc1ccc(CCC2CCN(C3=NC(Cc4ccccc4OC)CCS3)CC2)cc1. The predicted molar refractivity (Wildman–Crippen MR) is 131 cm³/mol. The van der Waals surface area contributed by atoms with Gasteiger partial charge in [-0.2, -0.15) is 0 Å². The predicted octanol–water partition coefficient (Wildman–Crippen LogP) is 5.45. The quantitative estimate of drug-likeness (QED) is 0.575. The number of aliphatic imine (C=N–C) groups is 1. The lowest BCUT2D eigenvalue weighted by atomic mass is 9.91. The molecule has 1 fully saturated rings. The lowest BCUT2D eigenvalue weighted by Gasteiger charge is -2.36. The van der Waals surface area contributed by atoms with Crippen LogP contribution >= 0.6 is 11.8 Å². The molecule has 31 heavy (non-hydrogen) atoms. The average Bonchev–Trinajstić information content (AvgIpc) is 2.84. The van der Waals surface area contributed by atoms with Crippen molar-refractivity contribution in [2.75, 3.05) is 33.1 Å². The van der Waals surface area contributed by atoms with Crippen molar-refractivity contribution in [1.29, 1.82) is 0 Å². The molecule has 0 radical (unpaired) electrons. The van der Waals surface area contributed by atoms with Crippen molar-refractivity contribution in [3.8, 4) is 11.5 Å². The maximum Gasteiger partial charge on any atom is 0.159 e. The second-order valence-corrected chi connectivity index (χ2v) is 9.60. The normalized spacial score (nSPS) is 19.7. The van der Waals surface area contributed by atoms with E-state index in [-0.39, 0.29) is 0 Å². The van der Waals surface area contributed by atoms with Gasteiger partial charge in [0, 0.05) is 18.8 Å². The van der Waals surface area contributed by atoms with Crippen LogP contribution in [-0.2, 0) is 12.8 Å². The summed E-state index contributed by atoms with van der Waals surface area (Å²) in [6.07, 6.45) is 7.08. The van der Waals surface area contributed by atoms with Crippen molar-refractivity contribution in [2.45, 2.75) is 44.6 Å². The Morgan fingerprint density at radius 1 is 0.968 bits per heavy atom. The summed E-state index contributed by atoms with van der Waals surface area (Å²) in [6.45, 7) is 2.28. The molecule has 0 N–H and O–H groups in total. The van der Waals surface area contributed by atoms with Crippen LogP contribution in [0.3, 0.4) is 0 Å². The fourth-order valence-electron chi connectivity index (χ4n) is 4.57. The van der Waals surface area contributed by atoms with E-state index in [4.69, 9.17) is 14.5 Å². The molecular weight excluding hydrogens is 404 g/mol. The van der Waals surface area contributed by atoms with E-state index in [0.717, 1.165) is 55.5 Å². The average molecular weight is 439 g/mol. The first-order valence-corrected chi connectivity index (χ1v) is 12.4. The Hall–Kier alpha value is -2.14. The molecule has 0 amide bonds. The largest absolute Gasteiger partial charge is 0.497 e. The number of amidine groups is 1. The van der Waals surface area contributed by atoms with Gasteiger partial charge in [-0.15, -0.1) is 0 Å². The fraction of sp³-hybridized carbons (Fsp3) is 0.500. The number of aryl methyl sites for hydroxylation is 1. The van der Waals surface area contributed by atoms with Crippen LogP contribution in [0.1, 0.15) is 36.8 Å². The molecule has 2 aromatic rings. The van der Waals surface area contributed by atoms with Crippen molar-refractivity contribution < 1.29 is 9.47 Å². The zero-order valence-electron chi connectivity index (χ0n) is 18.8. The monoisotopic (exact) mass is 438 g/mol. The van der Waals surface area contributed by atoms with Crippen molar-refractivity contribution in [1.82, 2.24) is 4.90 Å². The van der Waals surface area contributed by atoms with Crippen molar-refractivity contribution in [3.05, 3.63) is 59.7 Å². The van der Waals surface area contributed by atoms with Gasteiger partial charge in [-0.25, -0.2) is 0 Å². The summed E-state index contributed by atoms with van der Waals surface area (Å²) in [5, 5.41) is 1.26. The second-order valence-electron chi connectivity index (χ2n) is 8.54. The Labute approximate surface area is 191 Å². The molecule has 0 bridgehead atoms. The highest BCUT2D eigenvalue weighted by atomic mass is 32.2. The zero-order chi connectivity index (χ0) is 21.5. The molecule has 5 heteroatoms. The summed E-state index contributed by atoms with van der Waals surface area (Å²) in [4.78, 5) is 7.68. The van der Waals surface area contributed by atoms with Gasteiger partial charge < -0.3 is 14.4 Å². The summed E-state index contributed by atoms with van der Waals surface area (Å²) < 4.78 is 10.8. The minimum Gasteiger partial charge on any atom is -0.497 e. The Morgan fingerprint density at radius 2 is 1.74 bits per heavy atom. The number of likely N-dealkylation sites (tertiary alicyclic amines) is 1. The Balaban J connectivity index is 1.27. The third-order valence-electron chi connectivity index (χ3n) is 6.51. The van der Waals surface area contributed by atoms with Gasteiger partial charge >= 0.3 is 0 Å². The molecule has 2 aromatic carbocycles. The lowest BCUT2D eigenvalue weighted by Crippen LogP contribution is -2.39. The lowest BCUT2D eigenvalue weighted by molar-refractivity contribution is 0.258. The molecule has 1 atom stereocenters. The van der Waals surface area contributed by atoms with Crippen LogP contribution in [-0.4, -0.2) is 49.2 Å².